The van der Waals surface area contributed by atoms with Gasteiger partial charge in [-0.05, 0) is 17.7 Å². The van der Waals surface area contributed by atoms with E-state index in [1.54, 1.807) is 18.2 Å². The molecule has 0 bridgehead atoms. The highest BCUT2D eigenvalue weighted by Gasteiger charge is 2.33. The number of H-pyrrole nitrogens is 1. The van der Waals surface area contributed by atoms with E-state index < -0.39 is 33.4 Å². The quantitative estimate of drug-likeness (QED) is 0.304. The largest absolute Gasteiger partial charge is 0.417 e. The Morgan fingerprint density at radius 1 is 1.22 bits per heavy atom. The molecule has 0 unspecified atom stereocenters. The van der Waals surface area contributed by atoms with Gasteiger partial charge >= 0.3 is 5.76 Å². The second-order valence-electron chi connectivity index (χ2n) is 8.44. The third-order valence-corrected chi connectivity index (χ3v) is 7.01. The van der Waals surface area contributed by atoms with E-state index in [4.69, 9.17) is 4.42 Å². The lowest BCUT2D eigenvalue weighted by molar-refractivity contribution is 0.0922. The number of rotatable bonds is 7. The zero-order valence-corrected chi connectivity index (χ0v) is 19.6. The topological polar surface area (TPSA) is 172 Å². The number of nitrogens with zero attached hydrogens (tertiary/aromatic N) is 4. The van der Waals surface area contributed by atoms with Crippen LogP contribution in [0.5, 0.6) is 0 Å². The first kappa shape index (κ1) is 23.6. The third kappa shape index (κ3) is 4.57. The van der Waals surface area contributed by atoms with E-state index >= 15 is 0 Å². The summed E-state index contributed by atoms with van der Waals surface area (Å²) < 4.78 is 44.5. The standard InChI is InChI=1S/C21H20FN7O6S/c1-36(33,34)28-9-12(10-28)7-24-20(31)16-5-15(26-18-13(22)8-25-29(16)18)19(30)23-6-11-2-3-17-14(4-11)27-21(32)35-17/h2-5,8,12H,6-7,9-10H2,1H3,(H,23,30)(H,24,31)(H,27,32). The molecular weight excluding hydrogens is 497 g/mol. The maximum absolute atomic E-state index is 14.3. The van der Waals surface area contributed by atoms with E-state index in [-0.39, 0.29) is 49.1 Å². The summed E-state index contributed by atoms with van der Waals surface area (Å²) >= 11 is 0. The van der Waals surface area contributed by atoms with Crippen LogP contribution in [0.3, 0.4) is 0 Å². The smallest absolute Gasteiger partial charge is 0.408 e. The molecule has 13 nitrogen and oxygen atoms in total. The van der Waals surface area contributed by atoms with Crippen LogP contribution >= 0.6 is 0 Å². The summed E-state index contributed by atoms with van der Waals surface area (Å²) in [6, 6.07) is 6.08. The predicted molar refractivity (Wildman–Crippen MR) is 123 cm³/mol. The molecule has 2 amide bonds. The van der Waals surface area contributed by atoms with Crippen molar-refractivity contribution in [1.82, 2.24) is 34.5 Å². The van der Waals surface area contributed by atoms with Gasteiger partial charge in [0.05, 0.1) is 18.0 Å². The lowest BCUT2D eigenvalue weighted by Gasteiger charge is -2.37. The monoisotopic (exact) mass is 517 g/mol. The Hall–Kier alpha value is -4.11. The van der Waals surface area contributed by atoms with Crippen LogP contribution in [0.25, 0.3) is 16.7 Å². The van der Waals surface area contributed by atoms with Crippen LogP contribution in [0.2, 0.25) is 0 Å². The zero-order valence-electron chi connectivity index (χ0n) is 18.8. The van der Waals surface area contributed by atoms with Gasteiger partial charge in [-0.15, -0.1) is 0 Å². The molecular formula is C21H20FN7O6S. The van der Waals surface area contributed by atoms with Crippen molar-refractivity contribution >= 4 is 38.6 Å². The highest BCUT2D eigenvalue weighted by atomic mass is 32.2. The predicted octanol–water partition coefficient (Wildman–Crippen LogP) is -0.146. The van der Waals surface area contributed by atoms with Gasteiger partial charge in [0.25, 0.3) is 11.8 Å². The molecule has 0 saturated carbocycles. The molecule has 188 valence electrons. The molecule has 36 heavy (non-hydrogen) atoms. The summed E-state index contributed by atoms with van der Waals surface area (Å²) in [6.45, 7) is 0.829. The number of halogens is 1. The van der Waals surface area contributed by atoms with Gasteiger partial charge in [-0.2, -0.15) is 5.10 Å². The van der Waals surface area contributed by atoms with Gasteiger partial charge in [0.2, 0.25) is 10.0 Å². The normalized spacial score (nSPS) is 14.7. The number of hydrogen-bond acceptors (Lipinski definition) is 8. The van der Waals surface area contributed by atoms with Crippen LogP contribution in [0.1, 0.15) is 26.5 Å². The molecule has 1 aliphatic rings. The van der Waals surface area contributed by atoms with Crippen LogP contribution in [0.4, 0.5) is 4.39 Å². The van der Waals surface area contributed by atoms with Gasteiger partial charge in [-0.25, -0.2) is 31.4 Å². The Kier molecular flexibility index (Phi) is 5.80. The van der Waals surface area contributed by atoms with Crippen molar-refractivity contribution < 1.29 is 26.8 Å². The number of nitrogens with one attached hydrogen (secondary N) is 3. The maximum atomic E-state index is 14.3. The number of aromatic nitrogens is 4. The first-order valence-electron chi connectivity index (χ1n) is 10.8. The summed E-state index contributed by atoms with van der Waals surface area (Å²) in [5.41, 5.74) is 0.906. The van der Waals surface area contributed by atoms with Crippen molar-refractivity contribution in [2.24, 2.45) is 5.92 Å². The number of oxazole rings is 1. The van der Waals surface area contributed by atoms with Gasteiger partial charge in [0.1, 0.15) is 11.4 Å². The lowest BCUT2D eigenvalue weighted by atomic mass is 10.0. The Balaban J connectivity index is 1.30. The molecule has 4 heterocycles. The van der Waals surface area contributed by atoms with Gasteiger partial charge in [-0.3, -0.25) is 14.6 Å². The first-order chi connectivity index (χ1) is 17.1. The van der Waals surface area contributed by atoms with Crippen molar-refractivity contribution in [2.75, 3.05) is 25.9 Å². The van der Waals surface area contributed by atoms with Crippen molar-refractivity contribution in [3.8, 4) is 0 Å². The average Bonchev–Trinajstić information content (AvgIpc) is 3.35. The summed E-state index contributed by atoms with van der Waals surface area (Å²) in [4.78, 5) is 43.5. The Bertz CT molecular complexity index is 1670. The number of amides is 2. The van der Waals surface area contributed by atoms with Gasteiger partial charge in [0, 0.05) is 38.2 Å². The van der Waals surface area contributed by atoms with E-state index in [1.807, 2.05) is 0 Å². The van der Waals surface area contributed by atoms with Gasteiger partial charge in [-0.1, -0.05) is 6.07 Å². The fraction of sp³-hybridized carbons (Fsp3) is 0.286. The summed E-state index contributed by atoms with van der Waals surface area (Å²) in [5.74, 6) is -2.75. The zero-order chi connectivity index (χ0) is 25.6. The molecule has 0 aliphatic carbocycles. The SMILES string of the molecule is CS(=O)(=O)N1CC(CNC(=O)c2cc(C(=O)NCc3ccc4oc(=O)[nH]c4c3)nc3c(F)cnn23)C1. The number of carbonyl (C=O) groups is 2. The highest BCUT2D eigenvalue weighted by molar-refractivity contribution is 7.88. The van der Waals surface area contributed by atoms with Gasteiger partial charge < -0.3 is 15.1 Å². The second-order valence-corrected chi connectivity index (χ2v) is 10.4. The number of carbonyl (C=O) groups excluding carboxylic acids is 2. The number of benzene rings is 1. The van der Waals surface area contributed by atoms with E-state index in [1.165, 1.54) is 10.4 Å². The molecule has 1 saturated heterocycles. The Morgan fingerprint density at radius 3 is 2.75 bits per heavy atom. The minimum atomic E-state index is -3.27. The average molecular weight is 517 g/mol. The summed E-state index contributed by atoms with van der Waals surface area (Å²) in [6.07, 6.45) is 2.00. The van der Waals surface area contributed by atoms with Crippen LogP contribution in [-0.2, 0) is 16.6 Å². The molecule has 0 radical (unpaired) electrons. The van der Waals surface area contributed by atoms with E-state index in [2.05, 4.69) is 25.7 Å². The molecule has 0 atom stereocenters. The molecule has 1 aromatic carbocycles. The number of aromatic amines is 1. The molecule has 5 rings (SSSR count). The minimum Gasteiger partial charge on any atom is -0.408 e. The molecule has 1 aliphatic heterocycles. The lowest BCUT2D eigenvalue weighted by Crippen LogP contribution is -2.53. The summed E-state index contributed by atoms with van der Waals surface area (Å²) in [5, 5.41) is 9.15. The third-order valence-electron chi connectivity index (χ3n) is 5.77. The number of hydrogen-bond donors (Lipinski definition) is 3. The maximum Gasteiger partial charge on any atom is 0.417 e. The van der Waals surface area contributed by atoms with Crippen molar-refractivity contribution in [3.05, 3.63) is 63.8 Å². The molecule has 15 heteroatoms. The molecule has 4 aromatic rings. The van der Waals surface area contributed by atoms with Crippen LogP contribution in [0, 0.1) is 11.7 Å². The minimum absolute atomic E-state index is 0.0661. The van der Waals surface area contributed by atoms with E-state index in [9.17, 15) is 27.2 Å². The molecule has 3 N–H and O–H groups in total. The number of sulfonamides is 1. The first-order valence-corrected chi connectivity index (χ1v) is 12.6. The van der Waals surface area contributed by atoms with Crippen molar-refractivity contribution in [1.29, 1.82) is 0 Å². The fourth-order valence-electron chi connectivity index (χ4n) is 3.85. The Morgan fingerprint density at radius 2 is 2.00 bits per heavy atom. The fourth-order valence-corrected chi connectivity index (χ4v) is 4.81. The van der Waals surface area contributed by atoms with E-state index in [0.29, 0.717) is 16.7 Å². The Labute approximate surface area is 202 Å². The summed E-state index contributed by atoms with van der Waals surface area (Å²) in [7, 11) is -3.27. The van der Waals surface area contributed by atoms with Crippen molar-refractivity contribution in [3.63, 3.8) is 0 Å². The van der Waals surface area contributed by atoms with Crippen LogP contribution in [0.15, 0.2) is 39.7 Å². The molecule has 1 fully saturated rings. The van der Waals surface area contributed by atoms with E-state index in [0.717, 1.165) is 17.0 Å². The van der Waals surface area contributed by atoms with Crippen LogP contribution < -0.4 is 16.4 Å². The van der Waals surface area contributed by atoms with Crippen molar-refractivity contribution in [2.45, 2.75) is 6.54 Å². The van der Waals surface area contributed by atoms with Gasteiger partial charge in [0.15, 0.2) is 17.0 Å². The second kappa shape index (κ2) is 8.83. The molecule has 0 spiro atoms. The number of fused-ring (bicyclic) bond motifs is 2. The van der Waals surface area contributed by atoms with Crippen LogP contribution in [-0.4, -0.2) is 70.0 Å². The molecule has 3 aromatic heterocycles. The highest BCUT2D eigenvalue weighted by Crippen LogP contribution is 2.18.